The van der Waals surface area contributed by atoms with E-state index in [9.17, 15) is 18.8 Å². The minimum Gasteiger partial charge on any atom is -0.350 e. The molecule has 2 aromatic carbocycles. The molecule has 0 bridgehead atoms. The Morgan fingerprint density at radius 1 is 1.09 bits per heavy atom. The van der Waals surface area contributed by atoms with Crippen molar-refractivity contribution in [1.82, 2.24) is 25.3 Å². The van der Waals surface area contributed by atoms with Gasteiger partial charge in [-0.15, -0.1) is 0 Å². The minimum atomic E-state index is -1.35. The van der Waals surface area contributed by atoms with Crippen molar-refractivity contribution in [3.05, 3.63) is 89.5 Å². The second kappa shape index (κ2) is 8.62. The van der Waals surface area contributed by atoms with Crippen LogP contribution in [0.15, 0.2) is 67.0 Å². The molecule has 1 unspecified atom stereocenters. The highest BCUT2D eigenvalue weighted by Crippen LogP contribution is 2.28. The van der Waals surface area contributed by atoms with Gasteiger partial charge in [0.25, 0.3) is 5.91 Å². The van der Waals surface area contributed by atoms with Gasteiger partial charge in [0.05, 0.1) is 6.54 Å². The van der Waals surface area contributed by atoms with E-state index in [1.165, 1.54) is 31.2 Å². The van der Waals surface area contributed by atoms with Crippen LogP contribution in [-0.4, -0.2) is 39.1 Å². The first-order valence-electron chi connectivity index (χ1n) is 10.1. The molecular formula is C23H22FN5O3. The maximum absolute atomic E-state index is 13.2. The average Bonchev–Trinajstić information content (AvgIpc) is 3.36. The molecule has 1 saturated heterocycles. The standard InChI is InChI=1S/C23H22FN5O3/c1-23(18-7-9-19(24)10-8-18)21(31)29(22(32)27-23)15-20(30)25-13-16-3-5-17(6-4-16)14-28-12-2-11-26-28/h2-12H,13-15H2,1H3,(H,25,30)(H,27,32). The third kappa shape index (κ3) is 4.36. The van der Waals surface area contributed by atoms with Crippen LogP contribution in [0.5, 0.6) is 0 Å². The summed E-state index contributed by atoms with van der Waals surface area (Å²) in [6.45, 7) is 2.04. The number of hydrogen-bond acceptors (Lipinski definition) is 4. The van der Waals surface area contributed by atoms with Crippen molar-refractivity contribution in [2.24, 2.45) is 0 Å². The van der Waals surface area contributed by atoms with E-state index in [-0.39, 0.29) is 6.54 Å². The van der Waals surface area contributed by atoms with E-state index in [1.807, 2.05) is 41.2 Å². The fourth-order valence-corrected chi connectivity index (χ4v) is 3.56. The summed E-state index contributed by atoms with van der Waals surface area (Å²) in [5, 5.41) is 9.49. The molecule has 1 aromatic heterocycles. The molecular weight excluding hydrogens is 413 g/mol. The van der Waals surface area contributed by atoms with Crippen LogP contribution in [0.1, 0.15) is 23.6 Å². The summed E-state index contributed by atoms with van der Waals surface area (Å²) in [4.78, 5) is 38.5. The Kier molecular flexibility index (Phi) is 5.72. The molecule has 32 heavy (non-hydrogen) atoms. The Labute approximate surface area is 184 Å². The van der Waals surface area contributed by atoms with Gasteiger partial charge in [0.15, 0.2) is 0 Å². The maximum atomic E-state index is 13.2. The SMILES string of the molecule is CC1(c2ccc(F)cc2)NC(=O)N(CC(=O)NCc2ccc(Cn3cccn3)cc2)C1=O. The molecule has 2 heterocycles. The molecule has 1 atom stereocenters. The van der Waals surface area contributed by atoms with Gasteiger partial charge in [-0.2, -0.15) is 5.10 Å². The van der Waals surface area contributed by atoms with Gasteiger partial charge in [-0.25, -0.2) is 9.18 Å². The highest BCUT2D eigenvalue weighted by molar-refractivity contribution is 6.09. The van der Waals surface area contributed by atoms with Crippen molar-refractivity contribution in [3.8, 4) is 0 Å². The molecule has 9 heteroatoms. The van der Waals surface area contributed by atoms with E-state index in [0.29, 0.717) is 12.1 Å². The fourth-order valence-electron chi connectivity index (χ4n) is 3.56. The Morgan fingerprint density at radius 3 is 2.44 bits per heavy atom. The van der Waals surface area contributed by atoms with E-state index in [0.717, 1.165) is 16.0 Å². The largest absolute Gasteiger partial charge is 0.350 e. The van der Waals surface area contributed by atoms with Gasteiger partial charge in [-0.3, -0.25) is 19.2 Å². The first-order chi connectivity index (χ1) is 15.3. The molecule has 3 aromatic rings. The first-order valence-corrected chi connectivity index (χ1v) is 10.1. The van der Waals surface area contributed by atoms with Crippen molar-refractivity contribution in [3.63, 3.8) is 0 Å². The third-order valence-electron chi connectivity index (χ3n) is 5.41. The topological polar surface area (TPSA) is 96.3 Å². The maximum Gasteiger partial charge on any atom is 0.325 e. The van der Waals surface area contributed by atoms with Gasteiger partial charge in [0, 0.05) is 18.9 Å². The predicted octanol–water partition coefficient (Wildman–Crippen LogP) is 2.15. The van der Waals surface area contributed by atoms with Crippen LogP contribution in [0.25, 0.3) is 0 Å². The van der Waals surface area contributed by atoms with Gasteiger partial charge in [0.1, 0.15) is 17.9 Å². The van der Waals surface area contributed by atoms with Crippen molar-refractivity contribution in [2.75, 3.05) is 6.54 Å². The molecule has 0 spiro atoms. The Balaban J connectivity index is 1.33. The minimum absolute atomic E-state index is 0.264. The van der Waals surface area contributed by atoms with Crippen molar-refractivity contribution in [2.45, 2.75) is 25.6 Å². The van der Waals surface area contributed by atoms with Crippen LogP contribution in [0.3, 0.4) is 0 Å². The second-order valence-electron chi connectivity index (χ2n) is 7.75. The van der Waals surface area contributed by atoms with Crippen LogP contribution in [-0.2, 0) is 28.2 Å². The number of carbonyl (C=O) groups is 3. The number of hydrogen-bond donors (Lipinski definition) is 2. The number of halogens is 1. The van der Waals surface area contributed by atoms with Gasteiger partial charge >= 0.3 is 6.03 Å². The van der Waals surface area contributed by atoms with Crippen molar-refractivity contribution < 1.29 is 18.8 Å². The molecule has 0 aliphatic carbocycles. The van der Waals surface area contributed by atoms with Gasteiger partial charge in [-0.05, 0) is 41.8 Å². The zero-order valence-corrected chi connectivity index (χ0v) is 17.4. The lowest BCUT2D eigenvalue weighted by molar-refractivity contribution is -0.134. The summed E-state index contributed by atoms with van der Waals surface area (Å²) in [5.74, 6) is -1.47. The normalized spacial score (nSPS) is 18.0. The lowest BCUT2D eigenvalue weighted by Gasteiger charge is -2.22. The molecule has 164 valence electrons. The number of carbonyl (C=O) groups excluding carboxylic acids is 3. The Hall–Kier alpha value is -4.01. The Morgan fingerprint density at radius 2 is 1.78 bits per heavy atom. The number of urea groups is 1. The number of amides is 4. The van der Waals surface area contributed by atoms with Gasteiger partial charge in [-0.1, -0.05) is 36.4 Å². The number of nitrogens with zero attached hydrogens (tertiary/aromatic N) is 3. The van der Waals surface area contributed by atoms with E-state index in [1.54, 1.807) is 6.20 Å². The summed E-state index contributed by atoms with van der Waals surface area (Å²) < 4.78 is 15.0. The quantitative estimate of drug-likeness (QED) is 0.556. The highest BCUT2D eigenvalue weighted by Gasteiger charge is 2.49. The fraction of sp³-hybridized carbons (Fsp3) is 0.217. The zero-order chi connectivity index (χ0) is 22.7. The summed E-state index contributed by atoms with van der Waals surface area (Å²) in [5.41, 5.74) is 1.05. The van der Waals surface area contributed by atoms with E-state index < -0.39 is 35.7 Å². The van der Waals surface area contributed by atoms with Crippen LogP contribution in [0.2, 0.25) is 0 Å². The molecule has 1 aliphatic rings. The number of nitrogens with one attached hydrogen (secondary N) is 2. The summed E-state index contributed by atoms with van der Waals surface area (Å²) in [7, 11) is 0. The van der Waals surface area contributed by atoms with E-state index in [4.69, 9.17) is 0 Å². The number of imide groups is 1. The van der Waals surface area contributed by atoms with Crippen LogP contribution in [0.4, 0.5) is 9.18 Å². The molecule has 4 amide bonds. The smallest absolute Gasteiger partial charge is 0.325 e. The molecule has 1 aliphatic heterocycles. The third-order valence-corrected chi connectivity index (χ3v) is 5.41. The van der Waals surface area contributed by atoms with Crippen molar-refractivity contribution in [1.29, 1.82) is 0 Å². The molecule has 0 radical (unpaired) electrons. The van der Waals surface area contributed by atoms with Crippen LogP contribution < -0.4 is 10.6 Å². The van der Waals surface area contributed by atoms with Gasteiger partial charge < -0.3 is 10.6 Å². The summed E-state index contributed by atoms with van der Waals surface area (Å²) >= 11 is 0. The van der Waals surface area contributed by atoms with Crippen LogP contribution in [0, 0.1) is 5.82 Å². The number of benzene rings is 2. The monoisotopic (exact) mass is 435 g/mol. The summed E-state index contributed by atoms with van der Waals surface area (Å²) in [6, 6.07) is 14.2. The zero-order valence-electron chi connectivity index (χ0n) is 17.4. The summed E-state index contributed by atoms with van der Waals surface area (Å²) in [6.07, 6.45) is 3.60. The molecule has 8 nitrogen and oxygen atoms in total. The van der Waals surface area contributed by atoms with Crippen LogP contribution >= 0.6 is 0 Å². The van der Waals surface area contributed by atoms with Gasteiger partial charge in [0.2, 0.25) is 5.91 Å². The van der Waals surface area contributed by atoms with E-state index >= 15 is 0 Å². The highest BCUT2D eigenvalue weighted by atomic mass is 19.1. The molecule has 2 N–H and O–H groups in total. The van der Waals surface area contributed by atoms with Crippen molar-refractivity contribution >= 4 is 17.8 Å². The molecule has 4 rings (SSSR count). The van der Waals surface area contributed by atoms with E-state index in [2.05, 4.69) is 15.7 Å². The molecule has 1 fully saturated rings. The predicted molar refractivity (Wildman–Crippen MR) is 114 cm³/mol. The molecule has 0 saturated carbocycles. The average molecular weight is 435 g/mol. The number of aromatic nitrogens is 2. The first kappa shape index (κ1) is 21.2. The Bertz CT molecular complexity index is 1130. The lowest BCUT2D eigenvalue weighted by atomic mass is 9.92. The lowest BCUT2D eigenvalue weighted by Crippen LogP contribution is -2.43. The number of rotatable bonds is 7. The second-order valence-corrected chi connectivity index (χ2v) is 7.75.